The molecule has 0 amide bonds. The Hall–Kier alpha value is -2.53. The first-order chi connectivity index (χ1) is 11.9. The molecule has 2 heterocycles. The number of methoxy groups -OCH3 is 1. The van der Waals surface area contributed by atoms with Crippen LogP contribution in [-0.2, 0) is 11.2 Å². The Morgan fingerprint density at radius 2 is 1.60 bits per heavy atom. The fraction of sp³-hybridized carbons (Fsp3) is 0.250. The van der Waals surface area contributed by atoms with Crippen molar-refractivity contribution in [3.63, 3.8) is 0 Å². The van der Waals surface area contributed by atoms with Gasteiger partial charge in [-0.3, -0.25) is 0 Å². The zero-order valence-corrected chi connectivity index (χ0v) is 16.0. The predicted molar refractivity (Wildman–Crippen MR) is 100.0 cm³/mol. The van der Waals surface area contributed by atoms with E-state index in [4.69, 9.17) is 13.6 Å². The van der Waals surface area contributed by atoms with E-state index in [0.29, 0.717) is 5.56 Å². The van der Waals surface area contributed by atoms with Crippen molar-refractivity contribution in [2.45, 2.75) is 26.1 Å². The maximum atomic E-state index is 11.5. The molecule has 2 aromatic heterocycles. The summed E-state index contributed by atoms with van der Waals surface area (Å²) in [5.74, 6) is -0.325. The summed E-state index contributed by atoms with van der Waals surface area (Å²) in [5.41, 5.74) is 4.95. The van der Waals surface area contributed by atoms with Gasteiger partial charge < -0.3 is 13.6 Å². The Labute approximate surface area is 148 Å². The third-order valence-electron chi connectivity index (χ3n) is 4.27. The van der Waals surface area contributed by atoms with E-state index in [1.165, 1.54) is 12.3 Å². The molecule has 0 saturated heterocycles. The molecule has 3 rings (SSSR count). The SMILES string of the molecule is COC(=O)c1ccc(Cc2cocc2-c2cocc2[Si](C)(C)C)cc1. The molecule has 0 aliphatic heterocycles. The molecule has 0 radical (unpaired) electrons. The summed E-state index contributed by atoms with van der Waals surface area (Å²) < 4.78 is 15.7. The lowest BCUT2D eigenvalue weighted by molar-refractivity contribution is 0.0600. The van der Waals surface area contributed by atoms with Crippen LogP contribution in [0.5, 0.6) is 0 Å². The van der Waals surface area contributed by atoms with Crippen molar-refractivity contribution in [3.05, 3.63) is 66.0 Å². The van der Waals surface area contributed by atoms with E-state index in [9.17, 15) is 4.79 Å². The molecule has 0 aliphatic carbocycles. The summed E-state index contributed by atoms with van der Waals surface area (Å²) in [6.07, 6.45) is 7.96. The van der Waals surface area contributed by atoms with Gasteiger partial charge in [-0.25, -0.2) is 4.79 Å². The van der Waals surface area contributed by atoms with Crippen LogP contribution >= 0.6 is 0 Å². The van der Waals surface area contributed by atoms with Crippen LogP contribution in [0.3, 0.4) is 0 Å². The predicted octanol–water partition coefficient (Wildman–Crippen LogP) is 4.46. The van der Waals surface area contributed by atoms with Crippen molar-refractivity contribution >= 4 is 19.2 Å². The van der Waals surface area contributed by atoms with Crippen molar-refractivity contribution in [1.82, 2.24) is 0 Å². The number of esters is 1. The highest BCUT2D eigenvalue weighted by Gasteiger charge is 2.24. The molecule has 3 aromatic rings. The van der Waals surface area contributed by atoms with Gasteiger partial charge in [0.2, 0.25) is 0 Å². The molecular formula is C20H22O4Si. The van der Waals surface area contributed by atoms with Gasteiger partial charge in [-0.1, -0.05) is 31.8 Å². The molecular weight excluding hydrogens is 332 g/mol. The molecule has 0 bridgehead atoms. The van der Waals surface area contributed by atoms with Crippen molar-refractivity contribution < 1.29 is 18.4 Å². The summed E-state index contributed by atoms with van der Waals surface area (Å²) in [7, 11) is -0.124. The van der Waals surface area contributed by atoms with Crippen LogP contribution in [0.15, 0.2) is 58.2 Å². The molecule has 0 unspecified atom stereocenters. The molecule has 0 N–H and O–H groups in total. The van der Waals surface area contributed by atoms with Gasteiger partial charge in [0.05, 0.1) is 45.8 Å². The number of carbonyl (C=O) groups is 1. The summed E-state index contributed by atoms with van der Waals surface area (Å²) in [6, 6.07) is 7.45. The molecule has 4 nitrogen and oxygen atoms in total. The van der Waals surface area contributed by atoms with Crippen LogP contribution in [-0.4, -0.2) is 21.2 Å². The van der Waals surface area contributed by atoms with Crippen LogP contribution in [0.25, 0.3) is 11.1 Å². The first-order valence-electron chi connectivity index (χ1n) is 8.19. The Kier molecular flexibility index (Phi) is 4.68. The third kappa shape index (κ3) is 3.61. The lowest BCUT2D eigenvalue weighted by Crippen LogP contribution is -2.37. The van der Waals surface area contributed by atoms with Crippen LogP contribution in [0.1, 0.15) is 21.5 Å². The second-order valence-corrected chi connectivity index (χ2v) is 12.2. The number of furan rings is 2. The lowest BCUT2D eigenvalue weighted by atomic mass is 10.00. The lowest BCUT2D eigenvalue weighted by Gasteiger charge is -2.16. The van der Waals surface area contributed by atoms with Gasteiger partial charge in [-0.2, -0.15) is 0 Å². The summed E-state index contributed by atoms with van der Waals surface area (Å²) in [4.78, 5) is 11.5. The molecule has 0 atom stereocenters. The quantitative estimate of drug-likeness (QED) is 0.501. The largest absolute Gasteiger partial charge is 0.472 e. The minimum Gasteiger partial charge on any atom is -0.472 e. The second-order valence-electron chi connectivity index (χ2n) is 7.13. The van der Waals surface area contributed by atoms with Crippen molar-refractivity contribution in [2.75, 3.05) is 7.11 Å². The van der Waals surface area contributed by atoms with Gasteiger partial charge in [-0.05, 0) is 22.9 Å². The van der Waals surface area contributed by atoms with E-state index in [2.05, 4.69) is 19.6 Å². The van der Waals surface area contributed by atoms with Crippen LogP contribution in [0.2, 0.25) is 19.6 Å². The molecule has 0 fully saturated rings. The highest BCUT2D eigenvalue weighted by Crippen LogP contribution is 2.28. The minimum atomic E-state index is -1.51. The minimum absolute atomic E-state index is 0.325. The zero-order valence-electron chi connectivity index (χ0n) is 15.0. The Morgan fingerprint density at radius 3 is 2.24 bits per heavy atom. The van der Waals surface area contributed by atoms with Gasteiger partial charge in [-0.15, -0.1) is 0 Å². The molecule has 0 saturated carbocycles. The van der Waals surface area contributed by atoms with Crippen molar-refractivity contribution in [2.24, 2.45) is 0 Å². The van der Waals surface area contributed by atoms with E-state index in [1.807, 2.05) is 24.7 Å². The molecule has 25 heavy (non-hydrogen) atoms. The summed E-state index contributed by atoms with van der Waals surface area (Å²) in [6.45, 7) is 6.89. The van der Waals surface area contributed by atoms with Crippen molar-refractivity contribution in [1.29, 1.82) is 0 Å². The molecule has 130 valence electrons. The highest BCUT2D eigenvalue weighted by atomic mass is 28.3. The first kappa shape index (κ1) is 17.3. The molecule has 5 heteroatoms. The van der Waals surface area contributed by atoms with E-state index < -0.39 is 8.07 Å². The Bertz CT molecular complexity index is 866. The summed E-state index contributed by atoms with van der Waals surface area (Å²) in [5, 5.41) is 1.29. The monoisotopic (exact) mass is 354 g/mol. The standard InChI is InChI=1S/C20H22O4Si/c1-22-20(21)15-7-5-14(6-8-15)9-16-10-23-11-17(16)18-12-24-13-19(18)25(2,3)4/h5-8,10-13H,9H2,1-4H3. The van der Waals surface area contributed by atoms with Crippen LogP contribution in [0, 0.1) is 0 Å². The smallest absolute Gasteiger partial charge is 0.337 e. The maximum absolute atomic E-state index is 11.5. The first-order valence-corrected chi connectivity index (χ1v) is 11.7. The highest BCUT2D eigenvalue weighted by molar-refractivity contribution is 6.89. The number of rotatable bonds is 5. The Morgan fingerprint density at radius 1 is 0.960 bits per heavy atom. The molecule has 0 aliphatic rings. The number of hydrogen-bond donors (Lipinski definition) is 0. The van der Waals surface area contributed by atoms with E-state index >= 15 is 0 Å². The fourth-order valence-electron chi connectivity index (χ4n) is 2.88. The summed E-state index contributed by atoms with van der Waals surface area (Å²) >= 11 is 0. The van der Waals surface area contributed by atoms with Gasteiger partial charge >= 0.3 is 5.97 Å². The number of benzene rings is 1. The average Bonchev–Trinajstić information content (AvgIpc) is 3.23. The molecule has 1 aromatic carbocycles. The van der Waals surface area contributed by atoms with Gasteiger partial charge in [0.1, 0.15) is 0 Å². The van der Waals surface area contributed by atoms with Crippen molar-refractivity contribution in [3.8, 4) is 11.1 Å². The fourth-order valence-corrected chi connectivity index (χ4v) is 4.30. The number of hydrogen-bond acceptors (Lipinski definition) is 4. The normalized spacial score (nSPS) is 11.5. The third-order valence-corrected chi connectivity index (χ3v) is 6.28. The number of ether oxygens (including phenoxy) is 1. The van der Waals surface area contributed by atoms with E-state index in [0.717, 1.165) is 28.7 Å². The van der Waals surface area contributed by atoms with Crippen LogP contribution < -0.4 is 5.19 Å². The average molecular weight is 354 g/mol. The zero-order chi connectivity index (χ0) is 18.0. The van der Waals surface area contributed by atoms with Gasteiger partial charge in [0.25, 0.3) is 0 Å². The Balaban J connectivity index is 1.88. The van der Waals surface area contributed by atoms with Gasteiger partial charge in [0.15, 0.2) is 0 Å². The van der Waals surface area contributed by atoms with Gasteiger partial charge in [0, 0.05) is 23.1 Å². The van der Waals surface area contributed by atoms with E-state index in [-0.39, 0.29) is 5.97 Å². The maximum Gasteiger partial charge on any atom is 0.337 e. The number of carbonyl (C=O) groups excluding carboxylic acids is 1. The molecule has 0 spiro atoms. The topological polar surface area (TPSA) is 52.6 Å². The van der Waals surface area contributed by atoms with Crippen LogP contribution in [0.4, 0.5) is 0 Å². The second kappa shape index (κ2) is 6.76. The van der Waals surface area contributed by atoms with E-state index in [1.54, 1.807) is 24.7 Å².